The van der Waals surface area contributed by atoms with Crippen molar-refractivity contribution in [3.05, 3.63) is 33.8 Å². The van der Waals surface area contributed by atoms with Gasteiger partial charge in [0.1, 0.15) is 0 Å². The van der Waals surface area contributed by atoms with Crippen LogP contribution in [0.4, 0.5) is 0 Å². The Balaban J connectivity index is 2.15. The molecule has 0 heterocycles. The average molecular weight is 316 g/mol. The largest absolute Gasteiger partial charge is 0.374 e. The summed E-state index contributed by atoms with van der Waals surface area (Å²) >= 11 is 12.3. The second-order valence-electron chi connectivity index (χ2n) is 5.58. The van der Waals surface area contributed by atoms with Crippen LogP contribution in [0.5, 0.6) is 0 Å². The quantitative estimate of drug-likeness (QED) is 0.861. The summed E-state index contributed by atoms with van der Waals surface area (Å²) in [6.45, 7) is 2.74. The van der Waals surface area contributed by atoms with Crippen LogP contribution in [0.1, 0.15) is 44.6 Å². The minimum atomic E-state index is -0.196. The molecule has 1 aliphatic carbocycles. The molecule has 2 nitrogen and oxygen atoms in total. The SMILES string of the molecule is CCOC1(C(N)Cc2cccc(Cl)c2Cl)CCCCC1. The van der Waals surface area contributed by atoms with E-state index < -0.39 is 0 Å². The summed E-state index contributed by atoms with van der Waals surface area (Å²) in [5, 5.41) is 1.21. The van der Waals surface area contributed by atoms with Gasteiger partial charge in [-0.15, -0.1) is 0 Å². The lowest BCUT2D eigenvalue weighted by Crippen LogP contribution is -2.52. The molecule has 0 aromatic heterocycles. The fourth-order valence-electron chi connectivity index (χ4n) is 3.19. The molecule has 1 unspecified atom stereocenters. The van der Waals surface area contributed by atoms with Crippen LogP contribution in [0.25, 0.3) is 0 Å². The van der Waals surface area contributed by atoms with Gasteiger partial charge < -0.3 is 10.5 Å². The average Bonchev–Trinajstić information content (AvgIpc) is 2.45. The number of hydrogen-bond donors (Lipinski definition) is 1. The van der Waals surface area contributed by atoms with Crippen LogP contribution in [0.3, 0.4) is 0 Å². The molecule has 20 heavy (non-hydrogen) atoms. The monoisotopic (exact) mass is 315 g/mol. The highest BCUT2D eigenvalue weighted by Gasteiger charge is 2.38. The zero-order valence-electron chi connectivity index (χ0n) is 12.0. The van der Waals surface area contributed by atoms with E-state index in [0.29, 0.717) is 23.1 Å². The van der Waals surface area contributed by atoms with Crippen LogP contribution in [0.15, 0.2) is 18.2 Å². The fraction of sp³-hybridized carbons (Fsp3) is 0.625. The van der Waals surface area contributed by atoms with Gasteiger partial charge in [0.2, 0.25) is 0 Å². The molecule has 112 valence electrons. The van der Waals surface area contributed by atoms with Crippen LogP contribution < -0.4 is 5.73 Å². The smallest absolute Gasteiger partial charge is 0.0835 e. The van der Waals surface area contributed by atoms with Gasteiger partial charge in [0.05, 0.1) is 15.6 Å². The summed E-state index contributed by atoms with van der Waals surface area (Å²) in [4.78, 5) is 0. The van der Waals surface area contributed by atoms with Gasteiger partial charge in [-0.3, -0.25) is 0 Å². The summed E-state index contributed by atoms with van der Waals surface area (Å²) in [6, 6.07) is 5.68. The van der Waals surface area contributed by atoms with Gasteiger partial charge in [-0.05, 0) is 37.8 Å². The molecule has 1 aliphatic rings. The Kier molecular flexibility index (Phi) is 5.74. The van der Waals surface area contributed by atoms with Crippen LogP contribution in [-0.4, -0.2) is 18.2 Å². The summed E-state index contributed by atoms with van der Waals surface area (Å²) in [5.41, 5.74) is 7.31. The third-order valence-electron chi connectivity index (χ3n) is 4.28. The number of rotatable bonds is 5. The van der Waals surface area contributed by atoms with Gasteiger partial charge in [0, 0.05) is 12.6 Å². The Morgan fingerprint density at radius 1 is 1.25 bits per heavy atom. The van der Waals surface area contributed by atoms with Gasteiger partial charge in [0.25, 0.3) is 0 Å². The van der Waals surface area contributed by atoms with E-state index in [4.69, 9.17) is 33.7 Å². The van der Waals surface area contributed by atoms with Crippen molar-refractivity contribution < 1.29 is 4.74 Å². The molecule has 0 radical (unpaired) electrons. The molecule has 1 aromatic rings. The van der Waals surface area contributed by atoms with Crippen LogP contribution in [0.2, 0.25) is 10.0 Å². The summed E-state index contributed by atoms with van der Waals surface area (Å²) in [6.07, 6.45) is 6.45. The van der Waals surface area contributed by atoms with Crippen molar-refractivity contribution in [3.8, 4) is 0 Å². The number of benzene rings is 1. The zero-order chi connectivity index (χ0) is 14.6. The molecule has 1 aromatic carbocycles. The van der Waals surface area contributed by atoms with E-state index in [1.54, 1.807) is 6.07 Å². The number of halogens is 2. The summed E-state index contributed by atoms with van der Waals surface area (Å²) in [7, 11) is 0. The van der Waals surface area contributed by atoms with Crippen molar-refractivity contribution in [2.45, 2.75) is 57.1 Å². The fourth-order valence-corrected chi connectivity index (χ4v) is 3.59. The first kappa shape index (κ1) is 16.1. The Bertz CT molecular complexity index is 439. The van der Waals surface area contributed by atoms with Gasteiger partial charge in [-0.25, -0.2) is 0 Å². The Hall–Kier alpha value is -0.280. The topological polar surface area (TPSA) is 35.2 Å². The molecule has 0 spiro atoms. The van der Waals surface area contributed by atoms with Gasteiger partial charge in [-0.1, -0.05) is 54.6 Å². The first-order chi connectivity index (χ1) is 9.59. The van der Waals surface area contributed by atoms with Crippen molar-refractivity contribution >= 4 is 23.2 Å². The minimum Gasteiger partial charge on any atom is -0.374 e. The highest BCUT2D eigenvalue weighted by molar-refractivity contribution is 6.42. The molecule has 1 fully saturated rings. The van der Waals surface area contributed by atoms with E-state index >= 15 is 0 Å². The maximum atomic E-state index is 6.49. The van der Waals surface area contributed by atoms with E-state index in [1.165, 1.54) is 19.3 Å². The van der Waals surface area contributed by atoms with Gasteiger partial charge in [-0.2, -0.15) is 0 Å². The van der Waals surface area contributed by atoms with Crippen molar-refractivity contribution in [3.63, 3.8) is 0 Å². The molecule has 4 heteroatoms. The van der Waals surface area contributed by atoms with Crippen molar-refractivity contribution in [1.82, 2.24) is 0 Å². The maximum absolute atomic E-state index is 6.49. The lowest BCUT2D eigenvalue weighted by molar-refractivity contribution is -0.0817. The van der Waals surface area contributed by atoms with Crippen LogP contribution in [0, 0.1) is 0 Å². The lowest BCUT2D eigenvalue weighted by Gasteiger charge is -2.42. The van der Waals surface area contributed by atoms with Crippen molar-refractivity contribution in [2.24, 2.45) is 5.73 Å². The Labute approximate surface area is 131 Å². The van der Waals surface area contributed by atoms with E-state index in [0.717, 1.165) is 18.4 Å². The second-order valence-corrected chi connectivity index (χ2v) is 6.37. The molecule has 0 saturated heterocycles. The summed E-state index contributed by atoms with van der Waals surface area (Å²) < 4.78 is 6.07. The molecular weight excluding hydrogens is 293 g/mol. The predicted octanol–water partition coefficient (Wildman–Crippen LogP) is 4.60. The van der Waals surface area contributed by atoms with Crippen LogP contribution in [-0.2, 0) is 11.2 Å². The number of nitrogens with two attached hydrogens (primary N) is 1. The van der Waals surface area contributed by atoms with Gasteiger partial charge in [0.15, 0.2) is 0 Å². The van der Waals surface area contributed by atoms with E-state index in [9.17, 15) is 0 Å². The normalized spacial score (nSPS) is 19.8. The molecule has 0 aliphatic heterocycles. The molecule has 2 rings (SSSR count). The van der Waals surface area contributed by atoms with E-state index in [1.807, 2.05) is 19.1 Å². The van der Waals surface area contributed by atoms with Gasteiger partial charge >= 0.3 is 0 Å². The maximum Gasteiger partial charge on any atom is 0.0835 e. The molecule has 1 saturated carbocycles. The molecule has 0 bridgehead atoms. The molecule has 2 N–H and O–H groups in total. The van der Waals surface area contributed by atoms with Crippen molar-refractivity contribution in [2.75, 3.05) is 6.61 Å². The number of hydrogen-bond acceptors (Lipinski definition) is 2. The highest BCUT2D eigenvalue weighted by atomic mass is 35.5. The van der Waals surface area contributed by atoms with E-state index in [2.05, 4.69) is 0 Å². The minimum absolute atomic E-state index is 0.0429. The summed E-state index contributed by atoms with van der Waals surface area (Å²) in [5.74, 6) is 0. The highest BCUT2D eigenvalue weighted by Crippen LogP contribution is 2.36. The second kappa shape index (κ2) is 7.13. The molecular formula is C16H23Cl2NO. The Morgan fingerprint density at radius 2 is 1.95 bits per heavy atom. The third kappa shape index (κ3) is 3.48. The molecule has 1 atom stereocenters. The van der Waals surface area contributed by atoms with Crippen LogP contribution >= 0.6 is 23.2 Å². The van der Waals surface area contributed by atoms with E-state index in [-0.39, 0.29) is 11.6 Å². The standard InChI is InChI=1S/C16H23Cl2NO/c1-2-20-16(9-4-3-5-10-16)14(19)11-12-7-6-8-13(17)15(12)18/h6-8,14H,2-5,9-11,19H2,1H3. The lowest BCUT2D eigenvalue weighted by atomic mass is 9.77. The van der Waals surface area contributed by atoms with Crippen molar-refractivity contribution in [1.29, 1.82) is 0 Å². The third-order valence-corrected chi connectivity index (χ3v) is 5.14. The predicted molar refractivity (Wildman–Crippen MR) is 85.6 cm³/mol. The zero-order valence-corrected chi connectivity index (χ0v) is 13.5. The Morgan fingerprint density at radius 3 is 2.60 bits per heavy atom. The molecule has 0 amide bonds. The first-order valence-electron chi connectivity index (χ1n) is 7.41. The first-order valence-corrected chi connectivity index (χ1v) is 8.17. The number of ether oxygens (including phenoxy) is 1.